The fourth-order valence-corrected chi connectivity index (χ4v) is 6.07. The van der Waals surface area contributed by atoms with E-state index in [0.29, 0.717) is 30.0 Å². The highest BCUT2D eigenvalue weighted by Crippen LogP contribution is 2.63. The number of carbonyl (C=O) groups excluding carboxylic acids is 2. The number of carbonyl (C=O) groups is 2. The van der Waals surface area contributed by atoms with Crippen LogP contribution in [0.5, 0.6) is 0 Å². The van der Waals surface area contributed by atoms with E-state index < -0.39 is 5.41 Å². The van der Waals surface area contributed by atoms with Crippen molar-refractivity contribution >= 4 is 11.6 Å². The minimum Gasteiger partial charge on any atom is -0.395 e. The lowest BCUT2D eigenvalue weighted by Gasteiger charge is -2.55. The van der Waals surface area contributed by atoms with Gasteiger partial charge in [0.05, 0.1) is 12.0 Å². The highest BCUT2D eigenvalue weighted by atomic mass is 16.3. The number of aliphatic hydroxyl groups is 1. The van der Waals surface area contributed by atoms with Gasteiger partial charge in [-0.15, -0.1) is 0 Å². The number of rotatable bonds is 1. The molecule has 4 rings (SSSR count). The third kappa shape index (κ3) is 1.66. The number of Topliss-reactive ketones (excluding diaryl/α,β-unsaturated/α-hetero) is 1. The maximum absolute atomic E-state index is 12.4. The molecule has 3 saturated carbocycles. The van der Waals surface area contributed by atoms with Crippen molar-refractivity contribution in [3.8, 4) is 0 Å². The van der Waals surface area contributed by atoms with Crippen molar-refractivity contribution < 1.29 is 14.7 Å². The van der Waals surface area contributed by atoms with E-state index >= 15 is 0 Å². The molecule has 0 radical (unpaired) electrons. The molecule has 0 spiro atoms. The van der Waals surface area contributed by atoms with Crippen LogP contribution in [-0.2, 0) is 9.59 Å². The molecule has 5 atom stereocenters. The zero-order valence-electron chi connectivity index (χ0n) is 13.2. The summed E-state index contributed by atoms with van der Waals surface area (Å²) in [5.74, 6) is 1.76. The summed E-state index contributed by atoms with van der Waals surface area (Å²) in [6.45, 7) is 2.29. The summed E-state index contributed by atoms with van der Waals surface area (Å²) in [6.07, 6.45) is 11.1. The molecule has 0 aliphatic heterocycles. The van der Waals surface area contributed by atoms with Crippen LogP contribution in [0.1, 0.15) is 45.4 Å². The molecule has 3 nitrogen and oxygen atoms in total. The van der Waals surface area contributed by atoms with Crippen LogP contribution in [0.2, 0.25) is 0 Å². The van der Waals surface area contributed by atoms with Gasteiger partial charge in [-0.3, -0.25) is 9.59 Å². The Balaban J connectivity index is 1.72. The smallest absolute Gasteiger partial charge is 0.178 e. The van der Waals surface area contributed by atoms with Crippen LogP contribution in [0.3, 0.4) is 0 Å². The van der Waals surface area contributed by atoms with Crippen molar-refractivity contribution in [2.75, 3.05) is 6.61 Å². The van der Waals surface area contributed by atoms with Crippen molar-refractivity contribution in [3.05, 3.63) is 23.8 Å². The van der Waals surface area contributed by atoms with Gasteiger partial charge < -0.3 is 5.11 Å². The third-order valence-electron chi connectivity index (χ3n) is 7.28. The lowest BCUT2D eigenvalue weighted by molar-refractivity contribution is -0.137. The normalized spacial score (nSPS) is 46.8. The van der Waals surface area contributed by atoms with Crippen LogP contribution in [-0.4, -0.2) is 23.3 Å². The van der Waals surface area contributed by atoms with E-state index in [1.807, 2.05) is 6.08 Å². The van der Waals surface area contributed by atoms with Crippen LogP contribution in [0.15, 0.2) is 23.8 Å². The Hall–Kier alpha value is -1.22. The van der Waals surface area contributed by atoms with Crippen LogP contribution in [0.25, 0.3) is 0 Å². The molecular formula is C19H24O3. The van der Waals surface area contributed by atoms with Gasteiger partial charge in [0.25, 0.3) is 0 Å². The van der Waals surface area contributed by atoms with Gasteiger partial charge >= 0.3 is 0 Å². The number of fused-ring (bicyclic) bond motifs is 5. The Morgan fingerprint density at radius 1 is 1.18 bits per heavy atom. The number of aliphatic hydroxyl groups excluding tert-OH is 1. The van der Waals surface area contributed by atoms with Gasteiger partial charge in [0.15, 0.2) is 5.78 Å². The summed E-state index contributed by atoms with van der Waals surface area (Å²) in [7, 11) is 0. The van der Waals surface area contributed by atoms with Gasteiger partial charge in [0.1, 0.15) is 5.78 Å². The highest BCUT2D eigenvalue weighted by Gasteiger charge is 2.60. The maximum Gasteiger partial charge on any atom is 0.178 e. The second-order valence-corrected chi connectivity index (χ2v) is 7.92. The van der Waals surface area contributed by atoms with Crippen molar-refractivity contribution in [1.29, 1.82) is 0 Å². The first-order chi connectivity index (χ1) is 10.5. The SMILES string of the molecule is C[C@]12C=CC(=O)C=C1CC[C@H]1[C@@H]3CCC(=O)[C@@]3(CO)CC[C@@H]12. The second kappa shape index (κ2) is 4.64. The molecule has 0 amide bonds. The molecule has 4 aliphatic rings. The first-order valence-electron chi connectivity index (χ1n) is 8.60. The predicted molar refractivity (Wildman–Crippen MR) is 83.0 cm³/mol. The molecule has 3 heteroatoms. The van der Waals surface area contributed by atoms with Gasteiger partial charge in [-0.1, -0.05) is 18.6 Å². The third-order valence-corrected chi connectivity index (χ3v) is 7.28. The molecule has 0 bridgehead atoms. The summed E-state index contributed by atoms with van der Waals surface area (Å²) >= 11 is 0. The lowest BCUT2D eigenvalue weighted by atomic mass is 9.48. The minimum atomic E-state index is -0.451. The van der Waals surface area contributed by atoms with Crippen LogP contribution >= 0.6 is 0 Å². The Morgan fingerprint density at radius 2 is 2.00 bits per heavy atom. The Labute approximate surface area is 131 Å². The zero-order chi connectivity index (χ0) is 15.5. The molecule has 3 fully saturated rings. The van der Waals surface area contributed by atoms with Crippen molar-refractivity contribution in [1.82, 2.24) is 0 Å². The molecule has 0 unspecified atom stereocenters. The maximum atomic E-state index is 12.4. The molecule has 0 saturated heterocycles. The quantitative estimate of drug-likeness (QED) is 0.810. The molecule has 0 heterocycles. The standard InChI is InChI=1S/C19H24O3/c1-18-8-6-13(21)10-12(18)2-3-14-15(18)7-9-19(11-20)16(14)4-5-17(19)22/h6,8,10,14-16,20H,2-5,7,9,11H2,1H3/t14-,15+,16+,18+,19-/m1/s1. The Morgan fingerprint density at radius 3 is 2.77 bits per heavy atom. The van der Waals surface area contributed by atoms with Crippen molar-refractivity contribution in [3.63, 3.8) is 0 Å². The van der Waals surface area contributed by atoms with E-state index in [9.17, 15) is 14.7 Å². The van der Waals surface area contributed by atoms with E-state index in [1.165, 1.54) is 5.57 Å². The monoisotopic (exact) mass is 300 g/mol. The molecule has 22 heavy (non-hydrogen) atoms. The van der Waals surface area contributed by atoms with Gasteiger partial charge in [-0.2, -0.15) is 0 Å². The largest absolute Gasteiger partial charge is 0.395 e. The van der Waals surface area contributed by atoms with Gasteiger partial charge in [-0.25, -0.2) is 0 Å². The van der Waals surface area contributed by atoms with E-state index in [-0.39, 0.29) is 17.8 Å². The van der Waals surface area contributed by atoms with Gasteiger partial charge in [-0.05, 0) is 62.0 Å². The molecule has 0 aromatic rings. The van der Waals surface area contributed by atoms with E-state index in [1.54, 1.807) is 6.08 Å². The number of ketones is 2. The summed E-state index contributed by atoms with van der Waals surface area (Å²) in [6, 6.07) is 0. The predicted octanol–water partition coefficient (Wildman–Crippen LogP) is 2.84. The molecule has 1 N–H and O–H groups in total. The van der Waals surface area contributed by atoms with E-state index in [0.717, 1.165) is 32.1 Å². The van der Waals surface area contributed by atoms with Crippen molar-refractivity contribution in [2.24, 2.45) is 28.6 Å². The number of hydrogen-bond donors (Lipinski definition) is 1. The second-order valence-electron chi connectivity index (χ2n) is 7.92. The molecular weight excluding hydrogens is 276 g/mol. The average Bonchev–Trinajstić information content (AvgIpc) is 2.86. The average molecular weight is 300 g/mol. The molecule has 118 valence electrons. The van der Waals surface area contributed by atoms with E-state index in [2.05, 4.69) is 13.0 Å². The fraction of sp³-hybridized carbons (Fsp3) is 0.684. The first kappa shape index (κ1) is 14.4. The number of allylic oxidation sites excluding steroid dienone is 4. The lowest BCUT2D eigenvalue weighted by Crippen LogP contribution is -2.52. The van der Waals surface area contributed by atoms with Gasteiger partial charge in [0.2, 0.25) is 0 Å². The highest BCUT2D eigenvalue weighted by molar-refractivity contribution is 6.01. The zero-order valence-corrected chi connectivity index (χ0v) is 13.2. The topological polar surface area (TPSA) is 54.4 Å². The van der Waals surface area contributed by atoms with Crippen LogP contribution in [0.4, 0.5) is 0 Å². The van der Waals surface area contributed by atoms with Crippen LogP contribution in [0, 0.1) is 28.6 Å². The van der Waals surface area contributed by atoms with Crippen LogP contribution < -0.4 is 0 Å². The first-order valence-corrected chi connectivity index (χ1v) is 8.60. The van der Waals surface area contributed by atoms with Crippen molar-refractivity contribution in [2.45, 2.75) is 45.4 Å². The summed E-state index contributed by atoms with van der Waals surface area (Å²) in [5.41, 5.74) is 0.805. The molecule has 0 aromatic heterocycles. The summed E-state index contributed by atoms with van der Waals surface area (Å²) in [4.78, 5) is 24.1. The Kier molecular flexibility index (Phi) is 3.03. The number of hydrogen-bond acceptors (Lipinski definition) is 3. The summed E-state index contributed by atoms with van der Waals surface area (Å²) < 4.78 is 0. The van der Waals surface area contributed by atoms with Gasteiger partial charge in [0, 0.05) is 11.8 Å². The summed E-state index contributed by atoms with van der Waals surface area (Å²) in [5, 5.41) is 9.95. The van der Waals surface area contributed by atoms with E-state index in [4.69, 9.17) is 0 Å². The fourth-order valence-electron chi connectivity index (χ4n) is 6.07. The molecule has 0 aromatic carbocycles. The minimum absolute atomic E-state index is 0.0213. The molecule has 4 aliphatic carbocycles. The Bertz CT molecular complexity index is 602.